The van der Waals surface area contributed by atoms with E-state index in [-0.39, 0.29) is 0 Å². The molecule has 1 saturated carbocycles. The van der Waals surface area contributed by atoms with Crippen molar-refractivity contribution in [2.75, 3.05) is 13.2 Å². The molecule has 0 amide bonds. The molecule has 1 saturated heterocycles. The van der Waals surface area contributed by atoms with Gasteiger partial charge in [0, 0.05) is 18.6 Å². The van der Waals surface area contributed by atoms with Crippen LogP contribution < -0.4 is 0 Å². The zero-order chi connectivity index (χ0) is 7.14. The third-order valence-electron chi connectivity index (χ3n) is 2.47. The highest BCUT2D eigenvalue weighted by atomic mass is 16.5. The Morgan fingerprint density at radius 3 is 2.90 bits per heavy atom. The molecule has 10 heavy (non-hydrogen) atoms. The predicted molar refractivity (Wildman–Crippen MR) is 40.0 cm³/mol. The molecule has 2 rings (SSSR count). The maximum Gasteiger partial charge on any atom is 0.0747 e. The van der Waals surface area contributed by atoms with Gasteiger partial charge in [0.2, 0.25) is 0 Å². The highest BCUT2D eigenvalue weighted by Gasteiger charge is 2.46. The van der Waals surface area contributed by atoms with E-state index in [1.165, 1.54) is 6.42 Å². The van der Waals surface area contributed by atoms with Crippen LogP contribution in [-0.4, -0.2) is 36.2 Å². The molecule has 0 spiro atoms. The molecule has 0 aromatic heterocycles. The highest BCUT2D eigenvalue weighted by molar-refractivity contribution is 5.00. The molecule has 0 aromatic rings. The minimum absolute atomic E-state index is 0.594. The number of ether oxygens (including phenoxy) is 1. The van der Waals surface area contributed by atoms with Crippen LogP contribution in [0.1, 0.15) is 20.3 Å². The van der Waals surface area contributed by atoms with Gasteiger partial charge in [0.25, 0.3) is 0 Å². The summed E-state index contributed by atoms with van der Waals surface area (Å²) in [5.74, 6) is 0. The Morgan fingerprint density at radius 2 is 2.30 bits per heavy atom. The van der Waals surface area contributed by atoms with E-state index >= 15 is 0 Å². The van der Waals surface area contributed by atoms with Gasteiger partial charge < -0.3 is 4.74 Å². The van der Waals surface area contributed by atoms with Crippen LogP contribution in [0.15, 0.2) is 0 Å². The minimum Gasteiger partial charge on any atom is -0.375 e. The van der Waals surface area contributed by atoms with Gasteiger partial charge in [0.05, 0.1) is 12.7 Å². The zero-order valence-electron chi connectivity index (χ0n) is 6.71. The van der Waals surface area contributed by atoms with E-state index in [4.69, 9.17) is 4.74 Å². The molecule has 2 unspecified atom stereocenters. The summed E-state index contributed by atoms with van der Waals surface area (Å²) in [6, 6.07) is 1.48. The first-order valence-corrected chi connectivity index (χ1v) is 4.16. The molecule has 1 aliphatic carbocycles. The summed E-state index contributed by atoms with van der Waals surface area (Å²) in [5, 5.41) is 0. The second-order valence-electron chi connectivity index (χ2n) is 3.54. The summed E-state index contributed by atoms with van der Waals surface area (Å²) in [4.78, 5) is 2.55. The fourth-order valence-corrected chi connectivity index (χ4v) is 1.80. The van der Waals surface area contributed by atoms with Crippen LogP contribution >= 0.6 is 0 Å². The van der Waals surface area contributed by atoms with Crippen LogP contribution in [-0.2, 0) is 4.74 Å². The van der Waals surface area contributed by atoms with Gasteiger partial charge >= 0.3 is 0 Å². The van der Waals surface area contributed by atoms with Crippen molar-refractivity contribution >= 4 is 0 Å². The van der Waals surface area contributed by atoms with Crippen molar-refractivity contribution in [3.8, 4) is 0 Å². The second-order valence-corrected chi connectivity index (χ2v) is 3.54. The fourth-order valence-electron chi connectivity index (χ4n) is 1.80. The van der Waals surface area contributed by atoms with Crippen LogP contribution in [0.5, 0.6) is 0 Å². The number of morpholine rings is 1. The molecule has 0 N–H and O–H groups in total. The summed E-state index contributed by atoms with van der Waals surface area (Å²) >= 11 is 0. The Bertz CT molecular complexity index is 135. The first-order valence-electron chi connectivity index (χ1n) is 4.16. The molecule has 1 aliphatic heterocycles. The standard InChI is InChI=1S/C8H15NO/c1-6(2)9-3-4-10-8-5-7(8)9/h6-8H,3-5H2,1-2H3. The SMILES string of the molecule is CC(C)N1CCOC2CC21. The third-order valence-corrected chi connectivity index (χ3v) is 2.47. The first kappa shape index (κ1) is 6.62. The van der Waals surface area contributed by atoms with Crippen LogP contribution in [0.4, 0.5) is 0 Å². The summed E-state index contributed by atoms with van der Waals surface area (Å²) in [6.07, 6.45) is 1.87. The average molecular weight is 141 g/mol. The van der Waals surface area contributed by atoms with E-state index in [2.05, 4.69) is 18.7 Å². The number of hydrogen-bond donors (Lipinski definition) is 0. The van der Waals surface area contributed by atoms with Gasteiger partial charge in [-0.15, -0.1) is 0 Å². The highest BCUT2D eigenvalue weighted by Crippen LogP contribution is 2.35. The van der Waals surface area contributed by atoms with Crippen molar-refractivity contribution in [3.63, 3.8) is 0 Å². The average Bonchev–Trinajstić information content (AvgIpc) is 2.63. The molecule has 2 nitrogen and oxygen atoms in total. The lowest BCUT2D eigenvalue weighted by Crippen LogP contribution is -2.41. The van der Waals surface area contributed by atoms with Gasteiger partial charge in [-0.1, -0.05) is 0 Å². The molecule has 0 bridgehead atoms. The Labute approximate surface area is 62.2 Å². The van der Waals surface area contributed by atoms with Gasteiger partial charge in [-0.25, -0.2) is 0 Å². The van der Waals surface area contributed by atoms with Gasteiger partial charge in [0.1, 0.15) is 0 Å². The Morgan fingerprint density at radius 1 is 1.50 bits per heavy atom. The van der Waals surface area contributed by atoms with E-state index in [9.17, 15) is 0 Å². The summed E-state index contributed by atoms with van der Waals surface area (Å²) in [5.41, 5.74) is 0. The van der Waals surface area contributed by atoms with E-state index in [0.717, 1.165) is 19.2 Å². The molecule has 2 fully saturated rings. The van der Waals surface area contributed by atoms with Crippen molar-refractivity contribution < 1.29 is 4.74 Å². The summed E-state index contributed by atoms with van der Waals surface area (Å²) in [7, 11) is 0. The van der Waals surface area contributed by atoms with Crippen molar-refractivity contribution in [1.82, 2.24) is 4.90 Å². The molecule has 58 valence electrons. The Hall–Kier alpha value is -0.0800. The molecule has 2 heteroatoms. The van der Waals surface area contributed by atoms with Gasteiger partial charge in [-0.2, -0.15) is 0 Å². The van der Waals surface area contributed by atoms with Crippen LogP contribution in [0, 0.1) is 0 Å². The molecule has 0 aromatic carbocycles. The topological polar surface area (TPSA) is 12.5 Å². The lowest BCUT2D eigenvalue weighted by Gasteiger charge is -2.29. The first-order chi connectivity index (χ1) is 4.79. The molecule has 0 radical (unpaired) electrons. The lowest BCUT2D eigenvalue weighted by molar-refractivity contribution is 0.0182. The molecular formula is C8H15NO. The van der Waals surface area contributed by atoms with Crippen LogP contribution in [0.3, 0.4) is 0 Å². The number of nitrogens with zero attached hydrogens (tertiary/aromatic N) is 1. The largest absolute Gasteiger partial charge is 0.375 e. The summed E-state index contributed by atoms with van der Waals surface area (Å²) in [6.45, 7) is 6.61. The molecular weight excluding hydrogens is 126 g/mol. The Kier molecular flexibility index (Phi) is 1.46. The minimum atomic E-state index is 0.594. The maximum absolute atomic E-state index is 5.49. The van der Waals surface area contributed by atoms with E-state index in [1.807, 2.05) is 0 Å². The number of rotatable bonds is 1. The zero-order valence-corrected chi connectivity index (χ0v) is 6.71. The number of hydrogen-bond acceptors (Lipinski definition) is 2. The van der Waals surface area contributed by atoms with E-state index in [0.29, 0.717) is 12.1 Å². The molecule has 2 aliphatic rings. The lowest BCUT2D eigenvalue weighted by atomic mass is 10.3. The number of fused-ring (bicyclic) bond motifs is 1. The van der Waals surface area contributed by atoms with Gasteiger partial charge in [0.15, 0.2) is 0 Å². The fraction of sp³-hybridized carbons (Fsp3) is 1.00. The Balaban J connectivity index is 1.96. The van der Waals surface area contributed by atoms with Crippen LogP contribution in [0.25, 0.3) is 0 Å². The second kappa shape index (κ2) is 2.21. The van der Waals surface area contributed by atoms with Gasteiger partial charge in [-0.3, -0.25) is 4.90 Å². The van der Waals surface area contributed by atoms with Crippen molar-refractivity contribution in [2.24, 2.45) is 0 Å². The third kappa shape index (κ3) is 0.956. The van der Waals surface area contributed by atoms with E-state index < -0.39 is 0 Å². The van der Waals surface area contributed by atoms with Crippen molar-refractivity contribution in [2.45, 2.75) is 38.5 Å². The van der Waals surface area contributed by atoms with E-state index in [1.54, 1.807) is 0 Å². The molecule has 2 atom stereocenters. The van der Waals surface area contributed by atoms with Crippen molar-refractivity contribution in [3.05, 3.63) is 0 Å². The smallest absolute Gasteiger partial charge is 0.0747 e. The normalized spacial score (nSPS) is 39.9. The monoisotopic (exact) mass is 141 g/mol. The van der Waals surface area contributed by atoms with Gasteiger partial charge in [-0.05, 0) is 20.3 Å². The quantitative estimate of drug-likeness (QED) is 0.537. The maximum atomic E-state index is 5.49. The van der Waals surface area contributed by atoms with Crippen LogP contribution in [0.2, 0.25) is 0 Å². The summed E-state index contributed by atoms with van der Waals surface area (Å²) < 4.78 is 5.49. The van der Waals surface area contributed by atoms with Crippen molar-refractivity contribution in [1.29, 1.82) is 0 Å². The predicted octanol–water partition coefficient (Wildman–Crippen LogP) is 0.868. The molecule has 1 heterocycles.